The van der Waals surface area contributed by atoms with E-state index < -0.39 is 11.2 Å². The Morgan fingerprint density at radius 3 is 1.40 bits per heavy atom. The lowest BCUT2D eigenvalue weighted by Gasteiger charge is -2.25. The number of aldehydes is 1. The Morgan fingerprint density at radius 1 is 0.610 bits per heavy atom. The number of para-hydroxylation sites is 3. The summed E-state index contributed by atoms with van der Waals surface area (Å²) in [5.41, 5.74) is 1.89. The molecule has 0 saturated carbocycles. The quantitative estimate of drug-likeness (QED) is 0.0734. The molecule has 6 aromatic rings. The lowest BCUT2D eigenvalue weighted by atomic mass is 10.0. The summed E-state index contributed by atoms with van der Waals surface area (Å²) in [7, 11) is 0. The molecule has 7 heterocycles. The minimum absolute atomic E-state index is 0.0116. The number of likely N-dealkylation sites (tertiary alicyclic amines) is 3. The molecule has 3 aromatic heterocycles. The molecule has 4 fully saturated rings. The highest BCUT2D eigenvalue weighted by Gasteiger charge is 2.35. The molecule has 404 valence electrons. The Kier molecular flexibility index (Phi) is 19.8. The van der Waals surface area contributed by atoms with E-state index in [0.29, 0.717) is 38.6 Å². The van der Waals surface area contributed by atoms with Gasteiger partial charge in [-0.3, -0.25) is 0 Å². The fourth-order valence-corrected chi connectivity index (χ4v) is 11.7. The number of benzene rings is 3. The molecular formula is C55H66N14O5S3. The lowest BCUT2D eigenvalue weighted by Crippen LogP contribution is -2.37. The third kappa shape index (κ3) is 16.6. The van der Waals surface area contributed by atoms with Crippen molar-refractivity contribution < 1.29 is 23.9 Å². The zero-order chi connectivity index (χ0) is 55.1. The van der Waals surface area contributed by atoms with Gasteiger partial charge in [0, 0.05) is 69.5 Å². The molecule has 0 radical (unpaired) electrons. The molecule has 77 heavy (non-hydrogen) atoms. The van der Waals surface area contributed by atoms with Crippen molar-refractivity contribution >= 4 is 98.5 Å². The number of rotatable bonds is 10. The van der Waals surface area contributed by atoms with Crippen molar-refractivity contribution in [2.24, 2.45) is 23.7 Å². The van der Waals surface area contributed by atoms with Crippen LogP contribution in [0, 0.1) is 69.1 Å². The molecule has 0 spiro atoms. The highest BCUT2D eigenvalue weighted by atomic mass is 32.1. The number of thiazole rings is 3. The molecule has 19 nitrogen and oxygen atoms in total. The second kappa shape index (κ2) is 26.6. The predicted octanol–water partition coefficient (Wildman–Crippen LogP) is 9.91. The number of fused-ring (bicyclic) bond motifs is 3. The highest BCUT2D eigenvalue weighted by Crippen LogP contribution is 2.32. The van der Waals surface area contributed by atoms with E-state index in [1.807, 2.05) is 108 Å². The van der Waals surface area contributed by atoms with Gasteiger partial charge < -0.3 is 50.2 Å². The predicted molar refractivity (Wildman–Crippen MR) is 302 cm³/mol. The molecule has 2 amide bonds. The van der Waals surface area contributed by atoms with E-state index in [1.54, 1.807) is 37.4 Å². The number of hydrogen-bond donors (Lipinski definition) is 4. The average Bonchev–Trinajstić information content (AvgIpc) is 4.27. The molecule has 7 unspecified atom stereocenters. The van der Waals surface area contributed by atoms with Crippen LogP contribution < -0.4 is 21.3 Å². The van der Waals surface area contributed by atoms with Crippen molar-refractivity contribution in [3.63, 3.8) is 0 Å². The Balaban J connectivity index is 0.000000152. The van der Waals surface area contributed by atoms with Crippen LogP contribution in [-0.4, -0.2) is 130 Å². The van der Waals surface area contributed by atoms with Crippen LogP contribution in [-0.2, 0) is 14.3 Å². The van der Waals surface area contributed by atoms with Crippen LogP contribution in [0.25, 0.3) is 30.6 Å². The minimum Gasteiger partial charge on any atom is -0.444 e. The van der Waals surface area contributed by atoms with Crippen LogP contribution in [0.1, 0.15) is 67.2 Å². The summed E-state index contributed by atoms with van der Waals surface area (Å²) in [5.74, 6) is 0.598. The van der Waals surface area contributed by atoms with Gasteiger partial charge in [-0.1, -0.05) is 70.4 Å². The Hall–Kier alpha value is -7.34. The SMILES string of the molecule is CC(C)(C)OC(=O)N1CCC(C(C#N)Nc2nc3ccccc3s2)C1.CC(C)(C)OC(=O)N1CCC(C=O)C1.N#CC(Nc1nc2ccccc2s1)C1CCN(C#N)C1.N#CC(Nc1nc2ccccc2s1)C1CCNC1. The Labute approximate surface area is 461 Å². The first-order valence-corrected chi connectivity index (χ1v) is 28.2. The van der Waals surface area contributed by atoms with E-state index in [4.69, 9.17) is 14.7 Å². The zero-order valence-corrected chi connectivity index (χ0v) is 46.7. The fourth-order valence-electron chi connectivity index (χ4n) is 9.02. The van der Waals surface area contributed by atoms with Gasteiger partial charge in [-0.25, -0.2) is 24.5 Å². The van der Waals surface area contributed by atoms with Gasteiger partial charge in [0.25, 0.3) is 0 Å². The number of nitrogens with zero attached hydrogens (tertiary/aromatic N) is 10. The van der Waals surface area contributed by atoms with Crippen molar-refractivity contribution in [1.29, 1.82) is 21.0 Å². The maximum absolute atomic E-state index is 12.2. The summed E-state index contributed by atoms with van der Waals surface area (Å²) in [6.07, 6.45) is 5.86. The number of nitriles is 4. The van der Waals surface area contributed by atoms with Gasteiger partial charge in [-0.15, -0.1) is 0 Å². The lowest BCUT2D eigenvalue weighted by molar-refractivity contribution is -0.110. The second-order valence-electron chi connectivity index (χ2n) is 21.1. The topological polar surface area (TPSA) is 261 Å². The maximum atomic E-state index is 12.2. The largest absolute Gasteiger partial charge is 0.444 e. The number of nitrogens with one attached hydrogen (secondary N) is 4. The van der Waals surface area contributed by atoms with Gasteiger partial charge in [0.2, 0.25) is 0 Å². The average molecular weight is 1100 g/mol. The van der Waals surface area contributed by atoms with Crippen LogP contribution in [0.3, 0.4) is 0 Å². The number of carbonyl (C=O) groups excluding carboxylic acids is 3. The van der Waals surface area contributed by atoms with Gasteiger partial charge in [-0.05, 0) is 110 Å². The number of anilines is 3. The molecule has 3 aromatic carbocycles. The molecule has 7 atom stereocenters. The summed E-state index contributed by atoms with van der Waals surface area (Å²) >= 11 is 4.70. The summed E-state index contributed by atoms with van der Waals surface area (Å²) in [5, 5.41) is 52.4. The standard InChI is InChI=1S/C18H22N4O2S.C14H13N5S.C13H14N4S.C10H17NO3/c1-18(2,3)24-17(23)22-9-8-12(11-22)14(10-19)21-16-20-13-6-4-5-7-15(13)25-16;15-7-12(10-5-6-19(8-10)9-16)18-14-17-11-3-1-2-4-13(11)20-14;14-7-11(9-5-6-15-8-9)17-13-16-10-3-1-2-4-12(10)18-13;1-10(2,3)14-9(13)11-5-4-8(6-11)7-12/h4-7,12,14H,8-9,11H2,1-3H3,(H,20,21);1-4,10,12H,5-6,8H2,(H,17,18);1-4,9,11,15H,5-6,8H2,(H,16,17);7-8H,4-6H2,1-3H3. The third-order valence-electron chi connectivity index (χ3n) is 13.0. The molecule has 10 rings (SSSR count). The number of aromatic nitrogens is 3. The Morgan fingerprint density at radius 2 is 1.03 bits per heavy atom. The van der Waals surface area contributed by atoms with Crippen LogP contribution in [0.15, 0.2) is 72.8 Å². The minimum atomic E-state index is -0.511. The van der Waals surface area contributed by atoms with Crippen molar-refractivity contribution in [1.82, 2.24) is 35.0 Å². The second-order valence-corrected chi connectivity index (χ2v) is 24.2. The van der Waals surface area contributed by atoms with E-state index in [9.17, 15) is 30.2 Å². The summed E-state index contributed by atoms with van der Waals surface area (Å²) in [6.45, 7) is 16.6. The van der Waals surface area contributed by atoms with Gasteiger partial charge in [-0.2, -0.15) is 21.0 Å². The smallest absolute Gasteiger partial charge is 0.410 e. The van der Waals surface area contributed by atoms with E-state index in [0.717, 1.165) is 97.6 Å². The number of carbonyl (C=O) groups is 3. The first kappa shape index (κ1) is 57.4. The maximum Gasteiger partial charge on any atom is 0.410 e. The van der Waals surface area contributed by atoms with Crippen molar-refractivity contribution in [3.05, 3.63) is 72.8 Å². The fraction of sp³-hybridized carbons (Fsp3) is 0.491. The van der Waals surface area contributed by atoms with E-state index in [1.165, 1.54) is 11.3 Å². The molecular weight excluding hydrogens is 1030 g/mol. The monoisotopic (exact) mass is 1100 g/mol. The highest BCUT2D eigenvalue weighted by molar-refractivity contribution is 7.22. The van der Waals surface area contributed by atoms with Crippen LogP contribution in [0.4, 0.5) is 25.0 Å². The summed E-state index contributed by atoms with van der Waals surface area (Å²) < 4.78 is 13.9. The van der Waals surface area contributed by atoms with Crippen molar-refractivity contribution in [3.8, 4) is 24.4 Å². The molecule has 4 aliphatic rings. The molecule has 4 saturated heterocycles. The van der Waals surface area contributed by atoms with E-state index in [-0.39, 0.29) is 48.1 Å². The normalized spacial score (nSPS) is 20.1. The van der Waals surface area contributed by atoms with Crippen LogP contribution in [0.2, 0.25) is 0 Å². The van der Waals surface area contributed by atoms with Crippen molar-refractivity contribution in [2.75, 3.05) is 68.3 Å². The van der Waals surface area contributed by atoms with Crippen LogP contribution in [0.5, 0.6) is 0 Å². The molecule has 0 aliphatic carbocycles. The first-order valence-electron chi connectivity index (χ1n) is 25.8. The number of amides is 2. The Bertz CT molecular complexity index is 3020. The third-order valence-corrected chi connectivity index (χ3v) is 15.9. The summed E-state index contributed by atoms with van der Waals surface area (Å²) in [4.78, 5) is 52.7. The van der Waals surface area contributed by atoms with E-state index >= 15 is 0 Å². The van der Waals surface area contributed by atoms with Gasteiger partial charge in [0.05, 0.1) is 48.9 Å². The van der Waals surface area contributed by atoms with Crippen LogP contribution >= 0.6 is 34.0 Å². The molecule has 4 N–H and O–H groups in total. The van der Waals surface area contributed by atoms with Gasteiger partial charge in [0.15, 0.2) is 21.6 Å². The van der Waals surface area contributed by atoms with Gasteiger partial charge in [0.1, 0.15) is 35.6 Å². The molecule has 4 aliphatic heterocycles. The first-order chi connectivity index (χ1) is 36.9. The molecule has 0 bridgehead atoms. The van der Waals surface area contributed by atoms with Crippen molar-refractivity contribution in [2.45, 2.75) is 96.6 Å². The summed E-state index contributed by atoms with van der Waals surface area (Å²) in [6, 6.07) is 30.0. The number of hydrogen-bond acceptors (Lipinski definition) is 20. The molecule has 22 heteroatoms. The number of ether oxygens (including phenoxy) is 2. The zero-order valence-electron chi connectivity index (χ0n) is 44.3. The van der Waals surface area contributed by atoms with Gasteiger partial charge >= 0.3 is 12.2 Å². The van der Waals surface area contributed by atoms with E-state index in [2.05, 4.69) is 66.7 Å².